The molecule has 192 valence electrons. The van der Waals surface area contributed by atoms with Crippen LogP contribution in [0.2, 0.25) is 10.0 Å². The highest BCUT2D eigenvalue weighted by Crippen LogP contribution is 2.43. The molecule has 3 aromatic rings. The highest BCUT2D eigenvalue weighted by atomic mass is 35.5. The summed E-state index contributed by atoms with van der Waals surface area (Å²) in [5, 5.41) is 26.8. The lowest BCUT2D eigenvalue weighted by molar-refractivity contribution is -0.151. The van der Waals surface area contributed by atoms with Crippen molar-refractivity contribution in [3.8, 4) is 21.3 Å². The quantitative estimate of drug-likeness (QED) is 0.357. The van der Waals surface area contributed by atoms with Crippen LogP contribution in [-0.4, -0.2) is 46.0 Å². The van der Waals surface area contributed by atoms with Crippen LogP contribution in [0, 0.1) is 0 Å². The fourth-order valence-electron chi connectivity index (χ4n) is 2.86. The first-order valence-corrected chi connectivity index (χ1v) is 12.9. The van der Waals surface area contributed by atoms with Crippen molar-refractivity contribution in [3.05, 3.63) is 33.8 Å². The van der Waals surface area contributed by atoms with E-state index in [9.17, 15) is 31.8 Å². The third-order valence-electron chi connectivity index (χ3n) is 4.66. The SMILES string of the molecule is CCC(NS(=O)(=O)c1ccc(-c2sc(-c3nnc(C(C)(C)O)o3)nc2CO)c(Cl)c1Cl)C(F)(F)F. The number of halogens is 5. The van der Waals surface area contributed by atoms with Gasteiger partial charge in [0.05, 0.1) is 27.2 Å². The summed E-state index contributed by atoms with van der Waals surface area (Å²) in [5.41, 5.74) is -1.10. The lowest BCUT2D eigenvalue weighted by Gasteiger charge is -2.20. The van der Waals surface area contributed by atoms with Crippen LogP contribution in [0.5, 0.6) is 0 Å². The monoisotopic (exact) mass is 574 g/mol. The number of thiazole rings is 1. The number of alkyl halides is 3. The maximum absolute atomic E-state index is 13.1. The van der Waals surface area contributed by atoms with E-state index in [0.29, 0.717) is 0 Å². The maximum atomic E-state index is 13.1. The van der Waals surface area contributed by atoms with Crippen molar-refractivity contribution in [2.45, 2.75) is 56.5 Å². The van der Waals surface area contributed by atoms with Crippen molar-refractivity contribution >= 4 is 44.6 Å². The molecule has 0 aliphatic heterocycles. The van der Waals surface area contributed by atoms with Crippen molar-refractivity contribution in [1.82, 2.24) is 19.9 Å². The molecule has 3 rings (SSSR count). The van der Waals surface area contributed by atoms with Gasteiger partial charge >= 0.3 is 6.18 Å². The Morgan fingerprint density at radius 3 is 2.37 bits per heavy atom. The molecule has 2 heterocycles. The fourth-order valence-corrected chi connectivity index (χ4v) is 6.12. The molecule has 1 atom stereocenters. The van der Waals surface area contributed by atoms with Crippen molar-refractivity contribution in [2.75, 3.05) is 0 Å². The van der Waals surface area contributed by atoms with Gasteiger partial charge in [0.25, 0.3) is 5.89 Å². The first kappa shape index (κ1) is 27.8. The van der Waals surface area contributed by atoms with E-state index in [4.69, 9.17) is 27.6 Å². The van der Waals surface area contributed by atoms with E-state index in [-0.39, 0.29) is 37.9 Å². The van der Waals surface area contributed by atoms with Gasteiger partial charge in [-0.25, -0.2) is 13.4 Å². The van der Waals surface area contributed by atoms with Crippen LogP contribution in [0.25, 0.3) is 21.3 Å². The van der Waals surface area contributed by atoms with Crippen LogP contribution in [0.3, 0.4) is 0 Å². The van der Waals surface area contributed by atoms with Crippen molar-refractivity contribution in [2.24, 2.45) is 0 Å². The van der Waals surface area contributed by atoms with Gasteiger partial charge in [-0.3, -0.25) is 0 Å². The first-order valence-electron chi connectivity index (χ1n) is 9.84. The molecule has 0 saturated carbocycles. The van der Waals surface area contributed by atoms with Crippen molar-refractivity contribution in [1.29, 1.82) is 0 Å². The summed E-state index contributed by atoms with van der Waals surface area (Å²) in [6.45, 7) is 3.53. The largest absolute Gasteiger partial charge is 0.415 e. The number of aliphatic hydroxyl groups is 2. The number of nitrogens with one attached hydrogen (secondary N) is 1. The topological polar surface area (TPSA) is 138 Å². The molecule has 0 aliphatic carbocycles. The van der Waals surface area contributed by atoms with E-state index < -0.39 is 50.8 Å². The Labute approximate surface area is 212 Å². The Balaban J connectivity index is 2.03. The van der Waals surface area contributed by atoms with Crippen LogP contribution in [0.4, 0.5) is 13.2 Å². The Kier molecular flexibility index (Phi) is 7.87. The Morgan fingerprint density at radius 1 is 1.20 bits per heavy atom. The van der Waals surface area contributed by atoms with Crippen LogP contribution >= 0.6 is 34.5 Å². The van der Waals surface area contributed by atoms with Crippen LogP contribution in [0.15, 0.2) is 21.4 Å². The van der Waals surface area contributed by atoms with E-state index in [1.807, 2.05) is 0 Å². The number of aromatic nitrogens is 3. The normalized spacial score (nSPS) is 13.9. The van der Waals surface area contributed by atoms with Gasteiger partial charge in [-0.05, 0) is 26.3 Å². The molecule has 1 unspecified atom stereocenters. The molecule has 9 nitrogen and oxygen atoms in total. The second kappa shape index (κ2) is 9.92. The van der Waals surface area contributed by atoms with E-state index in [1.165, 1.54) is 26.8 Å². The molecule has 0 aliphatic rings. The minimum absolute atomic E-state index is 0.0450. The van der Waals surface area contributed by atoms with Gasteiger partial charge < -0.3 is 14.6 Å². The fraction of sp³-hybridized carbons (Fsp3) is 0.421. The highest BCUT2D eigenvalue weighted by Gasteiger charge is 2.41. The van der Waals surface area contributed by atoms with Gasteiger partial charge in [0.2, 0.25) is 15.9 Å². The second-order valence-electron chi connectivity index (χ2n) is 7.79. The number of hydrogen-bond acceptors (Lipinski definition) is 9. The molecule has 16 heteroatoms. The zero-order valence-electron chi connectivity index (χ0n) is 18.3. The standard InChI is InChI=1S/C19H19Cl2F3N4O5S2/c1-4-11(19(22,23)24)28-35(31,32)10-6-5-8(12(20)13(10)21)14-9(7-29)25-16(34-14)15-26-27-17(33-15)18(2,3)30/h5-6,11,28-30H,4,7H2,1-3H3. The Hall–Kier alpha value is -1.81. The number of rotatable bonds is 8. The van der Waals surface area contributed by atoms with E-state index in [0.717, 1.165) is 17.4 Å². The average molecular weight is 575 g/mol. The van der Waals surface area contributed by atoms with Crippen LogP contribution < -0.4 is 4.72 Å². The molecule has 3 N–H and O–H groups in total. The number of nitrogens with zero attached hydrogens (tertiary/aromatic N) is 3. The summed E-state index contributed by atoms with van der Waals surface area (Å²) >= 11 is 13.4. The molecule has 0 amide bonds. The van der Waals surface area contributed by atoms with Crippen molar-refractivity contribution in [3.63, 3.8) is 0 Å². The van der Waals surface area contributed by atoms with Gasteiger partial charge in [-0.15, -0.1) is 21.5 Å². The van der Waals surface area contributed by atoms with Gasteiger partial charge in [-0.1, -0.05) is 36.2 Å². The summed E-state index contributed by atoms with van der Waals surface area (Å²) in [7, 11) is -4.68. The van der Waals surface area contributed by atoms with Crippen LogP contribution in [-0.2, 0) is 22.2 Å². The summed E-state index contributed by atoms with van der Waals surface area (Å²) in [6, 6.07) is -0.0615. The number of sulfonamides is 1. The summed E-state index contributed by atoms with van der Waals surface area (Å²) in [6.07, 6.45) is -5.33. The van der Waals surface area contributed by atoms with E-state index in [1.54, 1.807) is 4.72 Å². The van der Waals surface area contributed by atoms with Gasteiger partial charge in [-0.2, -0.15) is 17.9 Å². The summed E-state index contributed by atoms with van der Waals surface area (Å²) < 4.78 is 71.5. The third kappa shape index (κ3) is 5.79. The van der Waals surface area contributed by atoms with E-state index in [2.05, 4.69) is 15.2 Å². The lowest BCUT2D eigenvalue weighted by Crippen LogP contribution is -2.44. The molecule has 0 radical (unpaired) electrons. The highest BCUT2D eigenvalue weighted by molar-refractivity contribution is 7.89. The molecule has 2 aromatic heterocycles. The second-order valence-corrected chi connectivity index (χ2v) is 11.2. The molecule has 0 bridgehead atoms. The Morgan fingerprint density at radius 2 is 1.86 bits per heavy atom. The first-order chi connectivity index (χ1) is 16.1. The minimum atomic E-state index is -4.80. The smallest absolute Gasteiger partial charge is 0.404 e. The van der Waals surface area contributed by atoms with Gasteiger partial charge in [0.15, 0.2) is 5.01 Å². The third-order valence-corrected chi connectivity index (χ3v) is 8.29. The molecule has 35 heavy (non-hydrogen) atoms. The predicted octanol–water partition coefficient (Wildman–Crippen LogP) is 4.51. The van der Waals surface area contributed by atoms with Gasteiger partial charge in [0, 0.05) is 5.56 Å². The summed E-state index contributed by atoms with van der Waals surface area (Å²) in [5.74, 6) is -0.112. The minimum Gasteiger partial charge on any atom is -0.415 e. The van der Waals surface area contributed by atoms with Crippen LogP contribution in [0.1, 0.15) is 38.8 Å². The molecular weight excluding hydrogens is 556 g/mol. The van der Waals surface area contributed by atoms with Crippen molar-refractivity contribution < 1.29 is 36.2 Å². The zero-order chi connectivity index (χ0) is 26.3. The molecule has 0 fully saturated rings. The predicted molar refractivity (Wildman–Crippen MR) is 122 cm³/mol. The molecule has 0 saturated heterocycles. The van der Waals surface area contributed by atoms with E-state index >= 15 is 0 Å². The number of aliphatic hydroxyl groups excluding tert-OH is 1. The lowest BCUT2D eigenvalue weighted by atomic mass is 10.1. The zero-order valence-corrected chi connectivity index (χ0v) is 21.5. The van der Waals surface area contributed by atoms with Gasteiger partial charge in [0.1, 0.15) is 16.5 Å². The average Bonchev–Trinajstić information content (AvgIpc) is 3.40. The Bertz CT molecular complexity index is 1340. The molecular formula is C19H19Cl2F3N4O5S2. The summed E-state index contributed by atoms with van der Waals surface area (Å²) in [4.78, 5) is 3.87. The molecule has 0 spiro atoms. The number of benzene rings is 1. The molecule has 1 aromatic carbocycles. The maximum Gasteiger partial charge on any atom is 0.404 e. The number of hydrogen-bond donors (Lipinski definition) is 3.